The summed E-state index contributed by atoms with van der Waals surface area (Å²) in [5, 5.41) is 4.31. The van der Waals surface area contributed by atoms with E-state index in [1.165, 1.54) is 12.1 Å². The summed E-state index contributed by atoms with van der Waals surface area (Å²) in [6, 6.07) is 14.6. The molecule has 2 aromatic heterocycles. The number of fused-ring (bicyclic) bond motifs is 1. The molecule has 0 bridgehead atoms. The molecule has 1 N–H and O–H groups in total. The first-order valence-corrected chi connectivity index (χ1v) is 13.5. The number of nitrogens with one attached hydrogen (secondary N) is 1. The normalized spacial score (nSPS) is 12.3. The van der Waals surface area contributed by atoms with Crippen molar-refractivity contribution in [1.29, 1.82) is 0 Å². The maximum absolute atomic E-state index is 13.0. The molecular weight excluding hydrogens is 514 g/mol. The van der Waals surface area contributed by atoms with Crippen LogP contribution in [0.25, 0.3) is 10.9 Å². The number of benzene rings is 2. The summed E-state index contributed by atoms with van der Waals surface area (Å²) < 4.78 is 32.2. The van der Waals surface area contributed by atoms with Gasteiger partial charge in [-0.05, 0) is 73.0 Å². The number of aromatic nitrogens is 2. The zero-order valence-corrected chi connectivity index (χ0v) is 22.1. The lowest BCUT2D eigenvalue weighted by atomic mass is 10.1. The zero-order valence-electron chi connectivity index (χ0n) is 20.6. The SMILES string of the molecule is Cc1cc(Cl)c2cc(C(=O)NC(C)c3ccc(S(=O)(=O)CC(=O)OCc4ccncc4)cc3)n(C)c2c1. The van der Waals surface area contributed by atoms with Crippen LogP contribution in [0.15, 0.2) is 71.9 Å². The predicted octanol–water partition coefficient (Wildman–Crippen LogP) is 4.54. The number of carbonyl (C=O) groups excluding carboxylic acids is 2. The number of aryl methyl sites for hydroxylation is 2. The van der Waals surface area contributed by atoms with Gasteiger partial charge in [0, 0.05) is 24.8 Å². The van der Waals surface area contributed by atoms with Crippen LogP contribution >= 0.6 is 11.6 Å². The van der Waals surface area contributed by atoms with Crippen LogP contribution in [-0.4, -0.2) is 35.6 Å². The molecule has 37 heavy (non-hydrogen) atoms. The van der Waals surface area contributed by atoms with Crippen molar-refractivity contribution in [3.8, 4) is 0 Å². The monoisotopic (exact) mass is 539 g/mol. The van der Waals surface area contributed by atoms with Crippen molar-refractivity contribution in [3.63, 3.8) is 0 Å². The Morgan fingerprint density at radius 3 is 2.43 bits per heavy atom. The fourth-order valence-corrected chi connectivity index (χ4v) is 5.41. The number of pyridine rings is 1. The number of amides is 1. The number of halogens is 1. The number of hydrogen-bond acceptors (Lipinski definition) is 6. The standard InChI is InChI=1S/C27H26ClN3O5S/c1-17-12-23(28)22-14-25(31(3)24(22)13-17)27(33)30-18(2)20-4-6-21(7-5-20)37(34,35)16-26(32)36-15-19-8-10-29-11-9-19/h4-14,18H,15-16H2,1-3H3,(H,30,33). The Morgan fingerprint density at radius 2 is 1.76 bits per heavy atom. The summed E-state index contributed by atoms with van der Waals surface area (Å²) in [5.41, 5.74) is 3.73. The van der Waals surface area contributed by atoms with Gasteiger partial charge in [-0.3, -0.25) is 14.6 Å². The summed E-state index contributed by atoms with van der Waals surface area (Å²) >= 11 is 6.36. The second-order valence-electron chi connectivity index (χ2n) is 8.81. The quantitative estimate of drug-likeness (QED) is 0.329. The van der Waals surface area contributed by atoms with Gasteiger partial charge in [0.25, 0.3) is 5.91 Å². The third-order valence-electron chi connectivity index (χ3n) is 6.03. The summed E-state index contributed by atoms with van der Waals surface area (Å²) in [6.45, 7) is 3.71. The Hall–Kier alpha value is -3.69. The Morgan fingerprint density at radius 1 is 1.08 bits per heavy atom. The lowest BCUT2D eigenvalue weighted by molar-refractivity contribution is -0.141. The Balaban J connectivity index is 1.40. The van der Waals surface area contributed by atoms with Gasteiger partial charge in [0.2, 0.25) is 0 Å². The first-order valence-electron chi connectivity index (χ1n) is 11.5. The van der Waals surface area contributed by atoms with Gasteiger partial charge in [-0.15, -0.1) is 0 Å². The molecule has 0 aliphatic carbocycles. The lowest BCUT2D eigenvalue weighted by Crippen LogP contribution is -2.28. The van der Waals surface area contributed by atoms with E-state index < -0.39 is 27.6 Å². The molecule has 0 saturated heterocycles. The van der Waals surface area contributed by atoms with Crippen LogP contribution in [0, 0.1) is 6.92 Å². The topological polar surface area (TPSA) is 107 Å². The minimum absolute atomic E-state index is 0.00525. The highest BCUT2D eigenvalue weighted by Crippen LogP contribution is 2.28. The maximum atomic E-state index is 13.0. The summed E-state index contributed by atoms with van der Waals surface area (Å²) in [6.07, 6.45) is 3.12. The molecule has 4 rings (SSSR count). The van der Waals surface area contributed by atoms with Crippen LogP contribution in [-0.2, 0) is 33.0 Å². The molecule has 1 atom stereocenters. The maximum Gasteiger partial charge on any atom is 0.321 e. The lowest BCUT2D eigenvalue weighted by Gasteiger charge is -2.15. The van der Waals surface area contributed by atoms with Crippen molar-refractivity contribution in [2.45, 2.75) is 31.4 Å². The highest BCUT2D eigenvalue weighted by Gasteiger charge is 2.22. The van der Waals surface area contributed by atoms with E-state index in [0.717, 1.165) is 16.5 Å². The number of hydrogen-bond donors (Lipinski definition) is 1. The number of nitrogens with zero attached hydrogens (tertiary/aromatic N) is 2. The summed E-state index contributed by atoms with van der Waals surface area (Å²) in [5.74, 6) is -1.90. The van der Waals surface area contributed by atoms with Gasteiger partial charge in [0.15, 0.2) is 15.6 Å². The molecule has 2 aromatic carbocycles. The average Bonchev–Trinajstić information content (AvgIpc) is 3.20. The van der Waals surface area contributed by atoms with E-state index in [9.17, 15) is 18.0 Å². The Labute approximate surface area is 220 Å². The number of sulfone groups is 1. The minimum atomic E-state index is -3.89. The van der Waals surface area contributed by atoms with E-state index in [1.54, 1.807) is 61.3 Å². The van der Waals surface area contributed by atoms with Crippen LogP contribution in [0.4, 0.5) is 0 Å². The second-order valence-corrected chi connectivity index (χ2v) is 11.2. The zero-order chi connectivity index (χ0) is 26.7. The third-order valence-corrected chi connectivity index (χ3v) is 7.95. The molecule has 0 fully saturated rings. The highest BCUT2D eigenvalue weighted by molar-refractivity contribution is 7.92. The first-order chi connectivity index (χ1) is 17.5. The van der Waals surface area contributed by atoms with Crippen molar-refractivity contribution in [3.05, 3.63) is 94.4 Å². The molecule has 0 saturated carbocycles. The van der Waals surface area contributed by atoms with Crippen molar-refractivity contribution < 1.29 is 22.7 Å². The number of esters is 1. The molecule has 4 aromatic rings. The summed E-state index contributed by atoms with van der Waals surface area (Å²) in [7, 11) is -2.09. The second kappa shape index (κ2) is 10.7. The molecular formula is C27H26ClN3O5S. The Bertz CT molecular complexity index is 1570. The molecule has 192 valence electrons. The van der Waals surface area contributed by atoms with E-state index in [4.69, 9.17) is 16.3 Å². The minimum Gasteiger partial charge on any atom is -0.460 e. The predicted molar refractivity (Wildman–Crippen MR) is 141 cm³/mol. The molecule has 1 amide bonds. The van der Waals surface area contributed by atoms with Crippen molar-refractivity contribution in [2.24, 2.45) is 7.05 Å². The molecule has 2 heterocycles. The van der Waals surface area contributed by atoms with Crippen LogP contribution in [0.3, 0.4) is 0 Å². The number of ether oxygens (including phenoxy) is 1. The van der Waals surface area contributed by atoms with E-state index in [0.29, 0.717) is 21.8 Å². The van der Waals surface area contributed by atoms with Gasteiger partial charge in [-0.2, -0.15) is 0 Å². The van der Waals surface area contributed by atoms with Gasteiger partial charge < -0.3 is 14.6 Å². The van der Waals surface area contributed by atoms with E-state index >= 15 is 0 Å². The molecule has 1 unspecified atom stereocenters. The van der Waals surface area contributed by atoms with Gasteiger partial charge in [0.05, 0.1) is 21.5 Å². The van der Waals surface area contributed by atoms with Crippen LogP contribution < -0.4 is 5.32 Å². The van der Waals surface area contributed by atoms with Gasteiger partial charge in [0.1, 0.15) is 12.3 Å². The van der Waals surface area contributed by atoms with Crippen molar-refractivity contribution in [2.75, 3.05) is 5.75 Å². The van der Waals surface area contributed by atoms with Gasteiger partial charge in [-0.25, -0.2) is 8.42 Å². The van der Waals surface area contributed by atoms with Crippen LogP contribution in [0.5, 0.6) is 0 Å². The van der Waals surface area contributed by atoms with E-state index in [-0.39, 0.29) is 17.4 Å². The number of carbonyl (C=O) groups is 2. The van der Waals surface area contributed by atoms with Gasteiger partial charge >= 0.3 is 5.97 Å². The first kappa shape index (κ1) is 26.4. The molecule has 0 spiro atoms. The smallest absolute Gasteiger partial charge is 0.321 e. The molecule has 8 nitrogen and oxygen atoms in total. The van der Waals surface area contributed by atoms with Crippen molar-refractivity contribution in [1.82, 2.24) is 14.9 Å². The fraction of sp³-hybridized carbons (Fsp3) is 0.222. The molecule has 0 radical (unpaired) electrons. The summed E-state index contributed by atoms with van der Waals surface area (Å²) in [4.78, 5) is 29.0. The largest absolute Gasteiger partial charge is 0.460 e. The Kier molecular flexibility index (Phi) is 7.65. The molecule has 0 aliphatic rings. The van der Waals surface area contributed by atoms with Crippen LogP contribution in [0.1, 0.15) is 40.1 Å². The average molecular weight is 540 g/mol. The number of rotatable bonds is 8. The van der Waals surface area contributed by atoms with Crippen LogP contribution in [0.2, 0.25) is 5.02 Å². The van der Waals surface area contributed by atoms with Crippen molar-refractivity contribution >= 4 is 44.2 Å². The molecule has 0 aliphatic heterocycles. The third kappa shape index (κ3) is 6.00. The highest BCUT2D eigenvalue weighted by atomic mass is 35.5. The van der Waals surface area contributed by atoms with Gasteiger partial charge in [-0.1, -0.05) is 23.7 Å². The molecule has 10 heteroatoms. The van der Waals surface area contributed by atoms with E-state index in [2.05, 4.69) is 10.3 Å². The fourth-order valence-electron chi connectivity index (χ4n) is 3.98. The van der Waals surface area contributed by atoms with E-state index in [1.807, 2.05) is 19.1 Å².